The van der Waals surface area contributed by atoms with Crippen molar-refractivity contribution >= 4 is 23.0 Å². The third kappa shape index (κ3) is 6.25. The van der Waals surface area contributed by atoms with E-state index in [4.69, 9.17) is 10.5 Å². The van der Waals surface area contributed by atoms with Gasteiger partial charge in [-0.25, -0.2) is 19.6 Å². The second kappa shape index (κ2) is 12.5. The average molecular weight is 648 g/mol. The number of ether oxygens (including phenoxy) is 1. The topological polar surface area (TPSA) is 153 Å². The monoisotopic (exact) mass is 647 g/mol. The Morgan fingerprint density at radius 3 is 2.08 bits per heavy atom. The Morgan fingerprint density at radius 1 is 0.854 bits per heavy atom. The summed E-state index contributed by atoms with van der Waals surface area (Å²) < 4.78 is 5.64. The van der Waals surface area contributed by atoms with Gasteiger partial charge in [-0.1, -0.05) is 48.5 Å². The molecule has 11 heteroatoms. The number of nitrogens with one attached hydrogen (secondary N) is 2. The molecule has 48 heavy (non-hydrogen) atoms. The molecule has 11 nitrogen and oxygen atoms in total. The molecule has 0 saturated carbocycles. The van der Waals surface area contributed by atoms with Crippen LogP contribution in [0.15, 0.2) is 73.1 Å². The van der Waals surface area contributed by atoms with Gasteiger partial charge in [0.2, 0.25) is 0 Å². The van der Waals surface area contributed by atoms with Crippen LogP contribution in [-0.2, 0) is 4.74 Å². The first-order valence-corrected chi connectivity index (χ1v) is 16.5. The molecule has 248 valence electrons. The molecule has 2 aromatic heterocycles. The van der Waals surface area contributed by atoms with Crippen LogP contribution in [0, 0.1) is 5.92 Å². The number of rotatable bonds is 6. The number of benzene rings is 3. The van der Waals surface area contributed by atoms with E-state index in [0.717, 1.165) is 63.1 Å². The Labute approximate surface area is 279 Å². The third-order valence-corrected chi connectivity index (χ3v) is 9.35. The molecule has 4 heterocycles. The molecule has 2 aliphatic rings. The largest absolute Gasteiger partial charge is 0.465 e. The van der Waals surface area contributed by atoms with Crippen LogP contribution in [0.3, 0.4) is 0 Å². The zero-order valence-corrected chi connectivity index (χ0v) is 27.4. The lowest BCUT2D eigenvalue weighted by Gasteiger charge is -2.27. The van der Waals surface area contributed by atoms with E-state index in [1.54, 1.807) is 11.1 Å². The van der Waals surface area contributed by atoms with E-state index in [1.165, 1.54) is 4.90 Å². The van der Waals surface area contributed by atoms with Gasteiger partial charge in [-0.05, 0) is 92.1 Å². The molecule has 3 atom stereocenters. The number of aromatic amines is 2. The predicted molar refractivity (Wildman–Crippen MR) is 184 cm³/mol. The second-order valence-corrected chi connectivity index (χ2v) is 13.8. The summed E-state index contributed by atoms with van der Waals surface area (Å²) in [6.45, 7) is 7.18. The third-order valence-electron chi connectivity index (χ3n) is 9.35. The Morgan fingerprint density at radius 2 is 1.44 bits per heavy atom. The normalized spacial score (nSPS) is 19.7. The van der Waals surface area contributed by atoms with Gasteiger partial charge >= 0.3 is 12.2 Å². The number of aromatic nitrogens is 4. The maximum absolute atomic E-state index is 12.8. The van der Waals surface area contributed by atoms with Gasteiger partial charge in [0, 0.05) is 18.7 Å². The maximum Gasteiger partial charge on any atom is 0.410 e. The number of likely N-dealkylation sites (tertiary alicyclic amines) is 2. The minimum absolute atomic E-state index is 0.128. The Hall–Kier alpha value is -5.16. The summed E-state index contributed by atoms with van der Waals surface area (Å²) in [4.78, 5) is 43.8. The second-order valence-electron chi connectivity index (χ2n) is 13.8. The summed E-state index contributed by atoms with van der Waals surface area (Å²) in [5, 5.41) is 11.9. The molecule has 5 aromatic rings. The van der Waals surface area contributed by atoms with E-state index in [0.29, 0.717) is 31.9 Å². The van der Waals surface area contributed by atoms with Gasteiger partial charge in [-0.15, -0.1) is 0 Å². The molecule has 0 bridgehead atoms. The van der Waals surface area contributed by atoms with Crippen molar-refractivity contribution in [2.24, 2.45) is 11.7 Å². The van der Waals surface area contributed by atoms with E-state index < -0.39 is 11.7 Å². The molecule has 3 aromatic carbocycles. The molecule has 5 N–H and O–H groups in total. The standard InChI is InChI=1S/C37H41N7O4/c1-37(2,3)48-36(47)43-14-4-5-31(43)33-39-20-30(42-33)28-13-12-26-16-25(10-11-27(26)17-28)23-6-8-24(9-7-23)29-19-40-34(41-29)32-15-22(18-38)21-44(32)35(45)46/h6-13,16-17,19-20,22,31-32H,4-5,14-15,18,21,38H2,1-3H3,(H,39,42)(H,40,41)(H,45,46). The van der Waals surface area contributed by atoms with Gasteiger partial charge in [-0.3, -0.25) is 9.80 Å². The van der Waals surface area contributed by atoms with Crippen LogP contribution in [-0.4, -0.2) is 72.3 Å². The molecule has 2 fully saturated rings. The molecule has 2 saturated heterocycles. The van der Waals surface area contributed by atoms with Crippen molar-refractivity contribution in [2.75, 3.05) is 19.6 Å². The summed E-state index contributed by atoms with van der Waals surface area (Å²) >= 11 is 0. The van der Waals surface area contributed by atoms with Gasteiger partial charge in [-0.2, -0.15) is 0 Å². The summed E-state index contributed by atoms with van der Waals surface area (Å²) in [5.74, 6) is 1.56. The number of fused-ring (bicyclic) bond motifs is 1. The number of carbonyl (C=O) groups is 2. The number of carboxylic acid groups (broad SMARTS) is 1. The summed E-state index contributed by atoms with van der Waals surface area (Å²) in [7, 11) is 0. The Kier molecular flexibility index (Phi) is 8.16. The van der Waals surface area contributed by atoms with Crippen molar-refractivity contribution in [1.82, 2.24) is 29.7 Å². The van der Waals surface area contributed by atoms with Gasteiger partial charge in [0.05, 0.1) is 35.9 Å². The number of amides is 2. The van der Waals surface area contributed by atoms with Crippen LogP contribution >= 0.6 is 0 Å². The SMILES string of the molecule is CC(C)(C)OC(=O)N1CCCC1c1ncc(-c2ccc3cc(-c4ccc(-c5cnc(C6CC(CN)CN6C(=O)O)[nH]5)cc4)ccc3c2)[nH]1. The lowest BCUT2D eigenvalue weighted by molar-refractivity contribution is 0.0218. The molecule has 7 rings (SSSR count). The molecule has 0 aliphatic carbocycles. The molecular weight excluding hydrogens is 606 g/mol. The fraction of sp³-hybridized carbons (Fsp3) is 0.351. The highest BCUT2D eigenvalue weighted by molar-refractivity contribution is 5.90. The first-order valence-electron chi connectivity index (χ1n) is 16.5. The van der Waals surface area contributed by atoms with E-state index in [1.807, 2.05) is 27.0 Å². The fourth-order valence-corrected chi connectivity index (χ4v) is 6.89. The van der Waals surface area contributed by atoms with Crippen LogP contribution in [0.5, 0.6) is 0 Å². The van der Waals surface area contributed by atoms with Crippen LogP contribution < -0.4 is 5.73 Å². The number of carbonyl (C=O) groups excluding carboxylic acids is 1. The highest BCUT2D eigenvalue weighted by Crippen LogP contribution is 2.36. The van der Waals surface area contributed by atoms with E-state index in [-0.39, 0.29) is 24.1 Å². The quantitative estimate of drug-likeness (QED) is 0.150. The number of hydrogen-bond acceptors (Lipinski definition) is 6. The lowest BCUT2D eigenvalue weighted by atomic mass is 9.98. The van der Waals surface area contributed by atoms with Crippen LogP contribution in [0.2, 0.25) is 0 Å². The van der Waals surface area contributed by atoms with E-state index in [9.17, 15) is 14.7 Å². The Balaban J connectivity index is 1.05. The summed E-state index contributed by atoms with van der Waals surface area (Å²) in [5.41, 5.74) is 11.2. The van der Waals surface area contributed by atoms with Gasteiger partial charge in [0.15, 0.2) is 0 Å². The number of H-pyrrole nitrogens is 2. The van der Waals surface area contributed by atoms with Crippen molar-refractivity contribution in [3.05, 3.63) is 84.7 Å². The highest BCUT2D eigenvalue weighted by atomic mass is 16.6. The fourth-order valence-electron chi connectivity index (χ4n) is 6.89. The molecule has 3 unspecified atom stereocenters. The summed E-state index contributed by atoms with van der Waals surface area (Å²) in [6.07, 6.45) is 4.77. The van der Waals surface area contributed by atoms with E-state index in [2.05, 4.69) is 80.6 Å². The number of nitrogens with zero attached hydrogens (tertiary/aromatic N) is 4. The van der Waals surface area contributed by atoms with Crippen molar-refractivity contribution in [3.8, 4) is 33.6 Å². The average Bonchev–Trinajstić information content (AvgIpc) is 3.89. The van der Waals surface area contributed by atoms with Crippen molar-refractivity contribution in [3.63, 3.8) is 0 Å². The summed E-state index contributed by atoms with van der Waals surface area (Å²) in [6, 6.07) is 20.6. The molecule has 2 amide bonds. The smallest absolute Gasteiger partial charge is 0.410 e. The predicted octanol–water partition coefficient (Wildman–Crippen LogP) is 7.36. The van der Waals surface area contributed by atoms with Crippen molar-refractivity contribution < 1.29 is 19.4 Å². The first kappa shape index (κ1) is 31.4. The molecule has 0 spiro atoms. The van der Waals surface area contributed by atoms with Crippen molar-refractivity contribution in [1.29, 1.82) is 0 Å². The zero-order valence-electron chi connectivity index (χ0n) is 27.4. The maximum atomic E-state index is 12.8. The minimum Gasteiger partial charge on any atom is -0.465 e. The lowest BCUT2D eigenvalue weighted by Crippen LogP contribution is -2.36. The van der Waals surface area contributed by atoms with E-state index >= 15 is 0 Å². The highest BCUT2D eigenvalue weighted by Gasteiger charge is 2.37. The van der Waals surface area contributed by atoms with Gasteiger partial charge in [0.1, 0.15) is 17.2 Å². The molecular formula is C37H41N7O4. The zero-order chi connectivity index (χ0) is 33.6. The van der Waals surface area contributed by atoms with Gasteiger partial charge in [0.25, 0.3) is 0 Å². The minimum atomic E-state index is -0.951. The van der Waals surface area contributed by atoms with Crippen LogP contribution in [0.1, 0.15) is 63.8 Å². The van der Waals surface area contributed by atoms with Crippen LogP contribution in [0.25, 0.3) is 44.4 Å². The Bertz CT molecular complexity index is 1960. The molecule has 0 radical (unpaired) electrons. The number of imidazole rings is 2. The number of hydrogen-bond donors (Lipinski definition) is 4. The number of nitrogens with two attached hydrogens (primary N) is 1. The van der Waals surface area contributed by atoms with Crippen molar-refractivity contribution in [2.45, 2.75) is 57.7 Å². The first-order chi connectivity index (χ1) is 23.1. The van der Waals surface area contributed by atoms with Crippen LogP contribution in [0.4, 0.5) is 9.59 Å². The molecule has 2 aliphatic heterocycles. The van der Waals surface area contributed by atoms with Gasteiger partial charge < -0.3 is 25.5 Å².